The van der Waals surface area contributed by atoms with Crippen LogP contribution in [0.25, 0.3) is 0 Å². The molecule has 106 valence electrons. The fraction of sp³-hybridized carbons (Fsp3) is 1.00. The second-order valence-electron chi connectivity index (χ2n) is 3.17. The van der Waals surface area contributed by atoms with Crippen LogP contribution < -0.4 is 0 Å². The molecule has 0 amide bonds. The lowest BCUT2D eigenvalue weighted by atomic mass is 10.7. The van der Waals surface area contributed by atoms with Crippen molar-refractivity contribution in [3.63, 3.8) is 0 Å². The molecule has 0 spiro atoms. The van der Waals surface area contributed by atoms with Crippen LogP contribution >= 0.6 is 15.6 Å². The first-order chi connectivity index (χ1) is 8.55. The van der Waals surface area contributed by atoms with E-state index in [-0.39, 0.29) is 33.0 Å². The second-order valence-corrected chi connectivity index (χ2v) is 6.32. The predicted octanol–water partition coefficient (Wildman–Crippen LogP) is 0.454. The summed E-state index contributed by atoms with van der Waals surface area (Å²) < 4.78 is 52.1. The molecular weight excluding hydrogens is 292 g/mol. The Labute approximate surface area is 103 Å². The number of phosphoric ester groups is 2. The van der Waals surface area contributed by atoms with Crippen LogP contribution in [0.15, 0.2) is 0 Å². The van der Waals surface area contributed by atoms with Crippen LogP contribution in [-0.4, -0.2) is 49.9 Å². The van der Waals surface area contributed by atoms with Gasteiger partial charge in [-0.3, -0.25) is 18.1 Å². The van der Waals surface area contributed by atoms with Gasteiger partial charge in [-0.2, -0.15) is 9.25 Å². The Morgan fingerprint density at radius 3 is 1.67 bits per heavy atom. The van der Waals surface area contributed by atoms with Crippen molar-refractivity contribution in [2.45, 2.75) is 0 Å². The first-order valence-electron chi connectivity index (χ1n) is 5.11. The van der Waals surface area contributed by atoms with E-state index in [0.29, 0.717) is 5.23 Å². The molecule has 2 saturated heterocycles. The number of aliphatic hydroxyl groups is 1. The van der Waals surface area contributed by atoms with Crippen molar-refractivity contribution < 1.29 is 41.6 Å². The number of rotatable bonds is 6. The van der Waals surface area contributed by atoms with Gasteiger partial charge in [-0.05, 0) is 5.23 Å². The quantitative estimate of drug-likeness (QED) is 0.548. The van der Waals surface area contributed by atoms with Crippen LogP contribution in [0.3, 0.4) is 0 Å². The lowest BCUT2D eigenvalue weighted by molar-refractivity contribution is -0.276. The van der Waals surface area contributed by atoms with Crippen LogP contribution in [0.2, 0.25) is 0 Å². The van der Waals surface area contributed by atoms with Gasteiger partial charge < -0.3 is 5.11 Å². The lowest BCUT2D eigenvalue weighted by Crippen LogP contribution is -2.25. The van der Waals surface area contributed by atoms with E-state index in [2.05, 4.69) is 0 Å². The molecule has 2 fully saturated rings. The first kappa shape index (κ1) is 14.5. The minimum absolute atomic E-state index is 0.106. The van der Waals surface area contributed by atoms with Gasteiger partial charge in [0, 0.05) is 0 Å². The first-order valence-corrected chi connectivity index (χ1v) is 8.03. The molecule has 0 saturated carbocycles. The smallest absolute Gasteiger partial charge is 0.395 e. The Morgan fingerprint density at radius 1 is 0.944 bits per heavy atom. The minimum atomic E-state index is -3.78. The Bertz CT molecular complexity index is 324. The van der Waals surface area contributed by atoms with Gasteiger partial charge in [0.05, 0.1) is 39.6 Å². The third-order valence-corrected chi connectivity index (χ3v) is 4.59. The van der Waals surface area contributed by atoms with Crippen LogP contribution in [0.4, 0.5) is 0 Å². The van der Waals surface area contributed by atoms with Gasteiger partial charge in [0.15, 0.2) is 0 Å². The molecule has 2 aliphatic heterocycles. The average molecular weight is 305 g/mol. The molecule has 10 nitrogen and oxygen atoms in total. The largest absolute Gasteiger partial charge is 0.493 e. The summed E-state index contributed by atoms with van der Waals surface area (Å²) in [5, 5.41) is 9.33. The van der Waals surface area contributed by atoms with E-state index in [1.807, 2.05) is 0 Å². The van der Waals surface area contributed by atoms with E-state index in [9.17, 15) is 9.13 Å². The van der Waals surface area contributed by atoms with Crippen molar-refractivity contribution in [2.75, 3.05) is 39.6 Å². The maximum atomic E-state index is 11.7. The molecule has 0 aromatic carbocycles. The number of phosphoric acid groups is 2. The summed E-state index contributed by atoms with van der Waals surface area (Å²) in [7, 11) is -7.57. The zero-order chi connectivity index (χ0) is 13.1. The molecule has 0 atom stereocenters. The monoisotopic (exact) mass is 305 g/mol. The van der Waals surface area contributed by atoms with Crippen molar-refractivity contribution in [2.24, 2.45) is 0 Å². The summed E-state index contributed by atoms with van der Waals surface area (Å²) in [6.07, 6.45) is 0. The van der Waals surface area contributed by atoms with Gasteiger partial charge >= 0.3 is 15.6 Å². The van der Waals surface area contributed by atoms with E-state index in [1.165, 1.54) is 0 Å². The number of nitrogens with zero attached hydrogens (tertiary/aromatic N) is 1. The van der Waals surface area contributed by atoms with Gasteiger partial charge in [0.1, 0.15) is 0 Å². The van der Waals surface area contributed by atoms with Crippen molar-refractivity contribution in [3.05, 3.63) is 0 Å². The number of hydrogen-bond donors (Lipinski definition) is 1. The Hall–Kier alpha value is 0.140. The van der Waals surface area contributed by atoms with E-state index in [0.717, 1.165) is 0 Å². The van der Waals surface area contributed by atoms with Gasteiger partial charge in [-0.25, -0.2) is 9.13 Å². The van der Waals surface area contributed by atoms with Gasteiger partial charge in [-0.1, -0.05) is 0 Å². The summed E-state index contributed by atoms with van der Waals surface area (Å²) in [5.41, 5.74) is 0. The lowest BCUT2D eigenvalue weighted by Gasteiger charge is -2.22. The highest BCUT2D eigenvalue weighted by Crippen LogP contribution is 2.57. The molecule has 0 unspecified atom stereocenters. The van der Waals surface area contributed by atoms with Crippen molar-refractivity contribution in [1.82, 2.24) is 5.23 Å². The number of aliphatic hydroxyl groups excluding tert-OH is 1. The number of hydrogen-bond acceptors (Lipinski definition) is 10. The van der Waals surface area contributed by atoms with E-state index < -0.39 is 22.3 Å². The Balaban J connectivity index is 1.95. The molecule has 2 rings (SSSR count). The molecule has 0 aromatic rings. The van der Waals surface area contributed by atoms with Crippen LogP contribution in [0, 0.1) is 0 Å². The molecule has 0 bridgehead atoms. The average Bonchev–Trinajstić information content (AvgIpc) is 2.88. The topological polar surface area (TPSA) is 113 Å². The fourth-order valence-electron chi connectivity index (χ4n) is 1.17. The fourth-order valence-corrected chi connectivity index (χ4v) is 3.43. The molecule has 2 aliphatic rings. The number of hydroxylamine groups is 2. The zero-order valence-corrected chi connectivity index (χ0v) is 11.1. The Morgan fingerprint density at radius 2 is 1.33 bits per heavy atom. The van der Waals surface area contributed by atoms with E-state index in [1.54, 1.807) is 0 Å². The maximum absolute atomic E-state index is 11.7. The summed E-state index contributed by atoms with van der Waals surface area (Å²) in [4.78, 5) is 0. The summed E-state index contributed by atoms with van der Waals surface area (Å²) in [6.45, 7) is -0.221. The van der Waals surface area contributed by atoms with Gasteiger partial charge in [-0.15, -0.1) is 0 Å². The highest BCUT2D eigenvalue weighted by molar-refractivity contribution is 7.49. The van der Waals surface area contributed by atoms with Crippen molar-refractivity contribution >= 4 is 15.6 Å². The van der Waals surface area contributed by atoms with E-state index >= 15 is 0 Å². The molecule has 0 radical (unpaired) electrons. The summed E-state index contributed by atoms with van der Waals surface area (Å²) in [5.74, 6) is 0. The van der Waals surface area contributed by atoms with Crippen molar-refractivity contribution in [1.29, 1.82) is 0 Å². The third-order valence-electron chi connectivity index (χ3n) is 1.83. The highest BCUT2D eigenvalue weighted by atomic mass is 31.2. The predicted molar refractivity (Wildman–Crippen MR) is 55.0 cm³/mol. The summed E-state index contributed by atoms with van der Waals surface area (Å²) >= 11 is 0. The minimum Gasteiger partial charge on any atom is -0.395 e. The van der Waals surface area contributed by atoms with Crippen LogP contribution in [0.5, 0.6) is 0 Å². The SMILES string of the molecule is O=P1(ON(CCO)OP2(=O)OCCO2)OCCO1. The van der Waals surface area contributed by atoms with Crippen LogP contribution in [-0.2, 0) is 36.5 Å². The molecule has 0 aromatic heterocycles. The molecule has 1 N–H and O–H groups in total. The molecule has 0 aliphatic carbocycles. The maximum Gasteiger partial charge on any atom is 0.493 e. The molecular formula is C6H13NO9P2. The van der Waals surface area contributed by atoms with Gasteiger partial charge in [0.25, 0.3) is 0 Å². The third kappa shape index (κ3) is 3.82. The van der Waals surface area contributed by atoms with E-state index in [4.69, 9.17) is 32.5 Å². The standard InChI is InChI=1S/C6H13NO9P2/c8-2-1-7(15-17(9)11-3-4-12-17)16-18(10)13-5-6-14-18/h8H,1-6H2. The Kier molecular flexibility index (Phi) is 4.90. The molecule has 2 heterocycles. The highest BCUT2D eigenvalue weighted by Gasteiger charge is 2.41. The van der Waals surface area contributed by atoms with Gasteiger partial charge in [0.2, 0.25) is 0 Å². The normalized spacial score (nSPS) is 25.9. The van der Waals surface area contributed by atoms with Crippen LogP contribution in [0.1, 0.15) is 0 Å². The second kappa shape index (κ2) is 6.06. The molecule has 12 heteroatoms. The van der Waals surface area contributed by atoms with Crippen molar-refractivity contribution in [3.8, 4) is 0 Å². The molecule has 18 heavy (non-hydrogen) atoms. The summed E-state index contributed by atoms with van der Waals surface area (Å²) in [6, 6.07) is 0. The zero-order valence-electron chi connectivity index (χ0n) is 9.30.